The summed E-state index contributed by atoms with van der Waals surface area (Å²) in [5.74, 6) is 0.411. The molecule has 1 aromatic carbocycles. The number of benzene rings is 1. The van der Waals surface area contributed by atoms with Gasteiger partial charge in [-0.25, -0.2) is 0 Å². The summed E-state index contributed by atoms with van der Waals surface area (Å²) >= 11 is 0. The summed E-state index contributed by atoms with van der Waals surface area (Å²) in [6, 6.07) is 9.08. The van der Waals surface area contributed by atoms with Gasteiger partial charge >= 0.3 is 0 Å². The fourth-order valence-electron chi connectivity index (χ4n) is 3.70. The number of rotatable bonds is 10. The van der Waals surface area contributed by atoms with Gasteiger partial charge in [0.25, 0.3) is 11.8 Å². The summed E-state index contributed by atoms with van der Waals surface area (Å²) in [4.78, 5) is 30.8. The molecule has 1 aliphatic rings. The van der Waals surface area contributed by atoms with E-state index in [1.165, 1.54) is 10.6 Å². The van der Waals surface area contributed by atoms with Crippen LogP contribution in [0.5, 0.6) is 0 Å². The zero-order chi connectivity index (χ0) is 22.2. The number of guanidine groups is 1. The Kier molecular flexibility index (Phi) is 10.1. The van der Waals surface area contributed by atoms with E-state index in [1.54, 1.807) is 24.3 Å². The number of halogens is 1. The Hall–Kier alpha value is -2.43. The lowest BCUT2D eigenvalue weighted by atomic mass is 10.1. The van der Waals surface area contributed by atoms with Crippen LogP contribution in [-0.4, -0.2) is 58.6 Å². The minimum atomic E-state index is -0.189. The number of aryl methyl sites for hydroxylation is 3. The average Bonchev–Trinajstić information content (AvgIpc) is 3.20. The van der Waals surface area contributed by atoms with Crippen LogP contribution in [-0.2, 0) is 6.54 Å². The van der Waals surface area contributed by atoms with Gasteiger partial charge in [0.1, 0.15) is 0 Å². The topological polar surface area (TPSA) is 91.6 Å². The Bertz CT molecular complexity index is 921. The second-order valence-electron chi connectivity index (χ2n) is 7.71. The predicted molar refractivity (Wildman–Crippen MR) is 137 cm³/mol. The number of nitrogens with zero attached hydrogens (tertiary/aromatic N) is 4. The van der Waals surface area contributed by atoms with Crippen LogP contribution in [0.3, 0.4) is 0 Å². The van der Waals surface area contributed by atoms with Gasteiger partial charge in [0.2, 0.25) is 0 Å². The molecule has 2 N–H and O–H groups in total. The van der Waals surface area contributed by atoms with E-state index in [1.807, 2.05) is 18.5 Å². The number of carbonyl (C=O) groups excluding carboxylic acids is 2. The first kappa shape index (κ1) is 25.8. The molecule has 0 saturated heterocycles. The highest BCUT2D eigenvalue weighted by Crippen LogP contribution is 2.22. The number of fused-ring (bicyclic) bond motifs is 1. The molecule has 2 amide bonds. The maximum Gasteiger partial charge on any atom is 0.261 e. The van der Waals surface area contributed by atoms with Crippen LogP contribution >= 0.6 is 24.0 Å². The molecular formula is C23H33IN6O2. The number of aliphatic imine (C=N–C) groups is 1. The first-order chi connectivity index (χ1) is 15.0. The van der Waals surface area contributed by atoms with E-state index in [9.17, 15) is 9.59 Å². The molecular weight excluding hydrogens is 519 g/mol. The van der Waals surface area contributed by atoms with Crippen molar-refractivity contribution in [3.63, 3.8) is 0 Å². The van der Waals surface area contributed by atoms with E-state index in [2.05, 4.69) is 33.7 Å². The molecule has 0 unspecified atom stereocenters. The van der Waals surface area contributed by atoms with E-state index < -0.39 is 0 Å². The van der Waals surface area contributed by atoms with E-state index >= 15 is 0 Å². The Morgan fingerprint density at radius 3 is 2.28 bits per heavy atom. The van der Waals surface area contributed by atoms with Crippen molar-refractivity contribution in [2.75, 3.05) is 26.2 Å². The van der Waals surface area contributed by atoms with E-state index in [0.717, 1.165) is 50.6 Å². The first-order valence-electron chi connectivity index (χ1n) is 11.0. The molecule has 0 spiro atoms. The number of hydrogen-bond donors (Lipinski definition) is 2. The molecule has 1 aliphatic heterocycles. The van der Waals surface area contributed by atoms with Crippen molar-refractivity contribution in [2.24, 2.45) is 4.99 Å². The molecule has 8 nitrogen and oxygen atoms in total. The van der Waals surface area contributed by atoms with Crippen LogP contribution in [0.1, 0.15) is 58.3 Å². The Morgan fingerprint density at radius 1 is 1.00 bits per heavy atom. The van der Waals surface area contributed by atoms with Crippen LogP contribution in [0, 0.1) is 13.8 Å². The Labute approximate surface area is 206 Å². The number of unbranched alkanes of at least 4 members (excludes halogenated alkanes) is 1. The minimum absolute atomic E-state index is 0. The third-order valence-corrected chi connectivity index (χ3v) is 5.22. The van der Waals surface area contributed by atoms with Gasteiger partial charge in [-0.3, -0.25) is 24.2 Å². The van der Waals surface area contributed by atoms with Gasteiger partial charge in [0.15, 0.2) is 5.96 Å². The van der Waals surface area contributed by atoms with Gasteiger partial charge in [-0.05, 0) is 58.2 Å². The summed E-state index contributed by atoms with van der Waals surface area (Å²) < 4.78 is 2.02. The standard InChI is InChI=1S/C23H32N6O2.HI/c1-4-24-23(26-13-9-15-29-18(3)16-17(2)27-29)25-12-7-8-14-28-21(30)19-10-5-6-11-20(19)22(28)31;/h5-6,10-11,16H,4,7-9,12-15H2,1-3H3,(H2,24,25,26);1H. The lowest BCUT2D eigenvalue weighted by Crippen LogP contribution is -2.38. The zero-order valence-corrected chi connectivity index (χ0v) is 21.4. The smallest absolute Gasteiger partial charge is 0.261 e. The molecule has 2 aromatic rings. The van der Waals surface area contributed by atoms with Crippen LogP contribution in [0.4, 0.5) is 0 Å². The molecule has 174 valence electrons. The van der Waals surface area contributed by atoms with Crippen LogP contribution in [0.15, 0.2) is 35.3 Å². The van der Waals surface area contributed by atoms with Crippen LogP contribution in [0.25, 0.3) is 0 Å². The van der Waals surface area contributed by atoms with E-state index in [0.29, 0.717) is 24.2 Å². The molecule has 0 fully saturated rings. The molecule has 3 rings (SSSR count). The first-order valence-corrected chi connectivity index (χ1v) is 11.0. The maximum absolute atomic E-state index is 12.4. The normalized spacial score (nSPS) is 13.2. The number of amides is 2. The number of aromatic nitrogens is 2. The average molecular weight is 552 g/mol. The lowest BCUT2D eigenvalue weighted by Gasteiger charge is -2.14. The lowest BCUT2D eigenvalue weighted by molar-refractivity contribution is 0.0652. The van der Waals surface area contributed by atoms with Crippen molar-refractivity contribution in [1.82, 2.24) is 25.3 Å². The SMILES string of the molecule is CCNC(=NCCCn1nc(C)cc1C)NCCCCN1C(=O)c2ccccc2C1=O.I. The number of nitrogens with one attached hydrogen (secondary N) is 2. The van der Waals surface area contributed by atoms with Crippen molar-refractivity contribution in [1.29, 1.82) is 0 Å². The Morgan fingerprint density at radius 2 is 1.69 bits per heavy atom. The zero-order valence-electron chi connectivity index (χ0n) is 19.1. The molecule has 0 bridgehead atoms. The number of carbonyl (C=O) groups is 2. The molecule has 9 heteroatoms. The van der Waals surface area contributed by atoms with Gasteiger partial charge in [0, 0.05) is 38.4 Å². The van der Waals surface area contributed by atoms with E-state index in [4.69, 9.17) is 0 Å². The highest BCUT2D eigenvalue weighted by molar-refractivity contribution is 14.0. The van der Waals surface area contributed by atoms with Crippen molar-refractivity contribution < 1.29 is 9.59 Å². The second kappa shape index (κ2) is 12.6. The molecule has 0 atom stereocenters. The highest BCUT2D eigenvalue weighted by atomic mass is 127. The summed E-state index contributed by atoms with van der Waals surface area (Å²) in [6.07, 6.45) is 2.50. The summed E-state index contributed by atoms with van der Waals surface area (Å²) in [5.41, 5.74) is 3.22. The fourth-order valence-corrected chi connectivity index (χ4v) is 3.70. The van der Waals surface area contributed by atoms with Gasteiger partial charge in [-0.15, -0.1) is 24.0 Å². The Balaban J connectivity index is 0.00000363. The largest absolute Gasteiger partial charge is 0.357 e. The van der Waals surface area contributed by atoms with Crippen molar-refractivity contribution in [3.8, 4) is 0 Å². The van der Waals surface area contributed by atoms with Crippen molar-refractivity contribution >= 4 is 41.8 Å². The van der Waals surface area contributed by atoms with Crippen LogP contribution in [0.2, 0.25) is 0 Å². The number of hydrogen-bond acceptors (Lipinski definition) is 4. The minimum Gasteiger partial charge on any atom is -0.357 e. The molecule has 2 heterocycles. The van der Waals surface area contributed by atoms with E-state index in [-0.39, 0.29) is 35.8 Å². The third-order valence-electron chi connectivity index (χ3n) is 5.22. The highest BCUT2D eigenvalue weighted by Gasteiger charge is 2.34. The third kappa shape index (κ3) is 6.54. The summed E-state index contributed by atoms with van der Waals surface area (Å²) in [5, 5.41) is 11.1. The monoisotopic (exact) mass is 552 g/mol. The summed E-state index contributed by atoms with van der Waals surface area (Å²) in [7, 11) is 0. The fraction of sp³-hybridized carbons (Fsp3) is 0.478. The van der Waals surface area contributed by atoms with Crippen molar-refractivity contribution in [3.05, 3.63) is 52.8 Å². The molecule has 1 aromatic heterocycles. The predicted octanol–water partition coefficient (Wildman–Crippen LogP) is 3.14. The van der Waals surface area contributed by atoms with Gasteiger partial charge < -0.3 is 10.6 Å². The second-order valence-corrected chi connectivity index (χ2v) is 7.71. The number of imide groups is 1. The molecule has 0 saturated carbocycles. The van der Waals surface area contributed by atoms with Gasteiger partial charge in [0.05, 0.1) is 16.8 Å². The van der Waals surface area contributed by atoms with Gasteiger partial charge in [-0.2, -0.15) is 5.10 Å². The molecule has 0 aliphatic carbocycles. The maximum atomic E-state index is 12.4. The van der Waals surface area contributed by atoms with Crippen molar-refractivity contribution in [2.45, 2.75) is 46.6 Å². The van der Waals surface area contributed by atoms with Crippen LogP contribution < -0.4 is 10.6 Å². The molecule has 32 heavy (non-hydrogen) atoms. The molecule has 0 radical (unpaired) electrons. The quantitative estimate of drug-likeness (QED) is 0.155. The van der Waals surface area contributed by atoms with Gasteiger partial charge in [-0.1, -0.05) is 12.1 Å². The summed E-state index contributed by atoms with van der Waals surface area (Å²) in [6.45, 7) is 9.62.